The van der Waals surface area contributed by atoms with E-state index >= 15 is 0 Å². The Balaban J connectivity index is 0.00000588. The number of hydrogen-bond acceptors (Lipinski definition) is 8. The van der Waals surface area contributed by atoms with Gasteiger partial charge in [0.05, 0.1) is 38.7 Å². The van der Waals surface area contributed by atoms with Crippen LogP contribution in [-0.2, 0) is 44.7 Å². The second-order valence-electron chi connectivity index (χ2n) is 8.87. The number of carbonyl (C=O) groups is 2. The number of aromatic nitrogens is 2. The van der Waals surface area contributed by atoms with E-state index in [0.717, 1.165) is 4.57 Å². The first-order valence-electron chi connectivity index (χ1n) is 12.3. The van der Waals surface area contributed by atoms with Gasteiger partial charge < -0.3 is 35.1 Å². The Bertz CT molecular complexity index is 1200. The van der Waals surface area contributed by atoms with Gasteiger partial charge in [0.1, 0.15) is 12.4 Å². The highest BCUT2D eigenvalue weighted by Crippen LogP contribution is 2.32. The summed E-state index contributed by atoms with van der Waals surface area (Å²) >= 11 is 0. The summed E-state index contributed by atoms with van der Waals surface area (Å²) in [4.78, 5) is 30.1. The Morgan fingerprint density at radius 3 is 2.27 bits per heavy atom. The minimum absolute atomic E-state index is 0. The SMILES string of the molecule is NCCOCCOCCOC(=O)c1nc(C(F)(F)F)n2c1CN(C(=O)CC(N)Cc1cc(F)c(F)cc1F)CC2.S. The van der Waals surface area contributed by atoms with Crippen molar-refractivity contribution in [1.29, 1.82) is 0 Å². The van der Waals surface area contributed by atoms with E-state index in [9.17, 15) is 35.9 Å². The predicted molar refractivity (Wildman–Crippen MR) is 137 cm³/mol. The van der Waals surface area contributed by atoms with E-state index in [-0.39, 0.29) is 77.1 Å². The van der Waals surface area contributed by atoms with Crippen molar-refractivity contribution < 1.29 is 50.1 Å². The number of ether oxygens (including phenoxy) is 3. The third-order valence-electron chi connectivity index (χ3n) is 5.91. The number of halogens is 6. The van der Waals surface area contributed by atoms with E-state index in [2.05, 4.69) is 4.98 Å². The van der Waals surface area contributed by atoms with Crippen LogP contribution in [0.25, 0.3) is 0 Å². The zero-order chi connectivity index (χ0) is 29.4. The summed E-state index contributed by atoms with van der Waals surface area (Å²) in [6, 6.07) is 0.00842. The molecule has 3 rings (SSSR count). The Morgan fingerprint density at radius 1 is 0.976 bits per heavy atom. The maximum absolute atomic E-state index is 13.9. The molecule has 2 aromatic rings. The topological polar surface area (TPSA) is 135 Å². The molecule has 1 atom stereocenters. The van der Waals surface area contributed by atoms with E-state index in [0.29, 0.717) is 25.3 Å². The molecule has 1 unspecified atom stereocenters. The molecule has 1 aliphatic rings. The van der Waals surface area contributed by atoms with Crippen LogP contribution in [0.3, 0.4) is 0 Å². The van der Waals surface area contributed by atoms with E-state index in [1.165, 1.54) is 4.90 Å². The van der Waals surface area contributed by atoms with Crippen LogP contribution in [0.1, 0.15) is 34.0 Å². The van der Waals surface area contributed by atoms with Gasteiger partial charge >= 0.3 is 12.1 Å². The number of hydrogen-bond donors (Lipinski definition) is 2. The molecule has 4 N–H and O–H groups in total. The predicted octanol–water partition coefficient (Wildman–Crippen LogP) is 1.88. The minimum atomic E-state index is -4.87. The molecular weight excluding hydrogens is 584 g/mol. The number of nitrogens with zero attached hydrogens (tertiary/aromatic N) is 3. The number of fused-ring (bicyclic) bond motifs is 1. The van der Waals surface area contributed by atoms with Crippen LogP contribution in [0.15, 0.2) is 12.1 Å². The first kappa shape index (κ1) is 34.3. The standard InChI is InChI=1S/C24H29F6N5O5.H2S/c25-16-12-18(27)17(26)10-14(16)9-15(32)11-20(36)34-2-3-35-19(13-34)21(33-23(35)24(28,29)30)22(37)40-8-7-39-6-5-38-4-1-31;/h10,12,15H,1-9,11,13,31-32H2;1H2. The molecule has 1 aromatic heterocycles. The van der Waals surface area contributed by atoms with Crippen LogP contribution < -0.4 is 11.5 Å². The van der Waals surface area contributed by atoms with Crippen molar-refractivity contribution in [2.24, 2.45) is 11.5 Å². The number of amides is 1. The Kier molecular flexibility index (Phi) is 12.9. The van der Waals surface area contributed by atoms with Crippen molar-refractivity contribution >= 4 is 25.4 Å². The zero-order valence-corrected chi connectivity index (χ0v) is 22.8. The number of imidazole rings is 1. The monoisotopic (exact) mass is 615 g/mol. The van der Waals surface area contributed by atoms with Crippen LogP contribution in [0, 0.1) is 17.5 Å². The van der Waals surface area contributed by atoms with Gasteiger partial charge in [-0.1, -0.05) is 0 Å². The van der Waals surface area contributed by atoms with Gasteiger partial charge in [-0.2, -0.15) is 26.7 Å². The molecule has 0 saturated heterocycles. The highest BCUT2D eigenvalue weighted by Gasteiger charge is 2.42. The lowest BCUT2D eigenvalue weighted by molar-refractivity contribution is -0.148. The second-order valence-corrected chi connectivity index (χ2v) is 8.87. The van der Waals surface area contributed by atoms with Gasteiger partial charge in [-0.15, -0.1) is 0 Å². The number of benzene rings is 1. The van der Waals surface area contributed by atoms with E-state index in [4.69, 9.17) is 25.7 Å². The van der Waals surface area contributed by atoms with E-state index in [1.807, 2.05) is 0 Å². The zero-order valence-electron chi connectivity index (χ0n) is 21.8. The van der Waals surface area contributed by atoms with Crippen molar-refractivity contribution in [3.8, 4) is 0 Å². The van der Waals surface area contributed by atoms with Gasteiger partial charge in [-0.3, -0.25) is 4.79 Å². The van der Waals surface area contributed by atoms with Crippen LogP contribution in [-0.4, -0.2) is 78.5 Å². The molecule has 0 radical (unpaired) electrons. The molecule has 230 valence electrons. The van der Waals surface area contributed by atoms with Crippen LogP contribution >= 0.6 is 13.5 Å². The van der Waals surface area contributed by atoms with Gasteiger partial charge in [0.2, 0.25) is 11.7 Å². The fourth-order valence-electron chi connectivity index (χ4n) is 4.06. The number of esters is 1. The average molecular weight is 616 g/mol. The van der Waals surface area contributed by atoms with Crippen molar-refractivity contribution in [2.45, 2.75) is 38.1 Å². The lowest BCUT2D eigenvalue weighted by Gasteiger charge is -2.30. The van der Waals surface area contributed by atoms with Crippen molar-refractivity contribution in [3.63, 3.8) is 0 Å². The third kappa shape index (κ3) is 9.32. The van der Waals surface area contributed by atoms with Crippen LogP contribution in [0.4, 0.5) is 26.3 Å². The summed E-state index contributed by atoms with van der Waals surface area (Å²) in [6.45, 7) is -0.00420. The molecule has 0 fully saturated rings. The first-order chi connectivity index (χ1) is 18.9. The third-order valence-corrected chi connectivity index (χ3v) is 5.91. The normalized spacial score (nSPS) is 13.9. The lowest BCUT2D eigenvalue weighted by atomic mass is 10.0. The summed E-state index contributed by atoms with van der Waals surface area (Å²) in [5, 5.41) is 0. The molecule has 10 nitrogen and oxygen atoms in total. The molecule has 1 aliphatic heterocycles. The highest BCUT2D eigenvalue weighted by atomic mass is 32.1. The molecule has 1 aromatic carbocycles. The van der Waals surface area contributed by atoms with Gasteiger partial charge in [0.15, 0.2) is 17.3 Å². The average Bonchev–Trinajstić information content (AvgIpc) is 3.28. The Hall–Kier alpha value is -2.86. The van der Waals surface area contributed by atoms with Crippen molar-refractivity contribution in [2.75, 3.05) is 46.1 Å². The van der Waals surface area contributed by atoms with E-state index < -0.39 is 59.6 Å². The number of alkyl halides is 3. The summed E-state index contributed by atoms with van der Waals surface area (Å²) in [7, 11) is 0. The maximum atomic E-state index is 13.9. The smallest absolute Gasteiger partial charge is 0.449 e. The molecule has 17 heteroatoms. The molecular formula is C24H31F6N5O5S. The second kappa shape index (κ2) is 15.4. The maximum Gasteiger partial charge on any atom is 0.449 e. The van der Waals surface area contributed by atoms with Crippen molar-refractivity contribution in [3.05, 3.63) is 52.4 Å². The largest absolute Gasteiger partial charge is 0.458 e. The van der Waals surface area contributed by atoms with Gasteiger partial charge in [-0.25, -0.2) is 22.9 Å². The fourth-order valence-corrected chi connectivity index (χ4v) is 4.06. The number of rotatable bonds is 13. The molecule has 0 bridgehead atoms. The van der Waals surface area contributed by atoms with Gasteiger partial charge in [0, 0.05) is 38.2 Å². The summed E-state index contributed by atoms with van der Waals surface area (Å²) in [6.07, 6.45) is -5.54. The van der Waals surface area contributed by atoms with Gasteiger partial charge in [0.25, 0.3) is 0 Å². The van der Waals surface area contributed by atoms with Crippen LogP contribution in [0.2, 0.25) is 0 Å². The molecule has 0 aliphatic carbocycles. The highest BCUT2D eigenvalue weighted by molar-refractivity contribution is 7.59. The summed E-state index contributed by atoms with van der Waals surface area (Å²) in [5.41, 5.74) is 10.2. The molecule has 0 spiro atoms. The van der Waals surface area contributed by atoms with Crippen LogP contribution in [0.5, 0.6) is 0 Å². The molecule has 1 amide bonds. The van der Waals surface area contributed by atoms with Gasteiger partial charge in [-0.05, 0) is 18.1 Å². The Morgan fingerprint density at radius 2 is 1.61 bits per heavy atom. The summed E-state index contributed by atoms with van der Waals surface area (Å²) < 4.78 is 97.5. The number of carbonyl (C=O) groups excluding carboxylic acids is 2. The number of nitrogens with two attached hydrogens (primary N) is 2. The molecule has 2 heterocycles. The first-order valence-corrected chi connectivity index (χ1v) is 12.3. The minimum Gasteiger partial charge on any atom is -0.458 e. The van der Waals surface area contributed by atoms with E-state index in [1.54, 1.807) is 0 Å². The quantitative estimate of drug-likeness (QED) is 0.151. The fraction of sp³-hybridized carbons (Fsp3) is 0.542. The Labute approximate surface area is 238 Å². The van der Waals surface area contributed by atoms with Crippen molar-refractivity contribution in [1.82, 2.24) is 14.5 Å². The lowest BCUT2D eigenvalue weighted by Crippen LogP contribution is -2.42. The molecule has 0 saturated carbocycles. The molecule has 41 heavy (non-hydrogen) atoms. The summed E-state index contributed by atoms with van der Waals surface area (Å²) in [5.74, 6) is -6.70.